The summed E-state index contributed by atoms with van der Waals surface area (Å²) >= 11 is 0. The molecule has 0 heterocycles. The van der Waals surface area contributed by atoms with E-state index in [2.05, 4.69) is 12.1 Å². The highest BCUT2D eigenvalue weighted by Gasteiger charge is 2.03. The monoisotopic (exact) mass is 188 g/mol. The Labute approximate surface area is 85.4 Å². The number of benzene rings is 1. The van der Waals surface area contributed by atoms with E-state index in [0.29, 0.717) is 6.54 Å². The number of aryl methyl sites for hydroxylation is 2. The van der Waals surface area contributed by atoms with Crippen molar-refractivity contribution in [2.24, 2.45) is 5.73 Å². The molecule has 0 aliphatic heterocycles. The van der Waals surface area contributed by atoms with E-state index >= 15 is 0 Å². The Morgan fingerprint density at radius 2 is 2.07 bits per heavy atom. The van der Waals surface area contributed by atoms with Crippen LogP contribution in [0.4, 0.5) is 0 Å². The standard InChI is InChI=1S/C12H16N2/c1-9-6-11(4-3-5-13)7-12(8-14)10(9)2/h6-7H,3-5,13H2,1-2H3. The molecule has 0 aromatic heterocycles. The predicted octanol–water partition coefficient (Wildman–Crippen LogP) is 2.07. The minimum absolute atomic E-state index is 0.703. The summed E-state index contributed by atoms with van der Waals surface area (Å²) in [7, 11) is 0. The highest BCUT2D eigenvalue weighted by atomic mass is 14.5. The van der Waals surface area contributed by atoms with Gasteiger partial charge in [0.25, 0.3) is 0 Å². The molecule has 0 unspecified atom stereocenters. The number of hydrogen-bond acceptors (Lipinski definition) is 2. The first kappa shape index (κ1) is 10.7. The molecular weight excluding hydrogens is 172 g/mol. The molecule has 14 heavy (non-hydrogen) atoms. The van der Waals surface area contributed by atoms with E-state index in [1.807, 2.05) is 19.9 Å². The van der Waals surface area contributed by atoms with Gasteiger partial charge in [-0.2, -0.15) is 5.26 Å². The molecule has 1 rings (SSSR count). The lowest BCUT2D eigenvalue weighted by Crippen LogP contribution is -2.01. The molecule has 0 bridgehead atoms. The molecule has 2 nitrogen and oxygen atoms in total. The van der Waals surface area contributed by atoms with E-state index in [1.165, 1.54) is 11.1 Å². The Bertz CT molecular complexity index is 361. The van der Waals surface area contributed by atoms with Gasteiger partial charge in [0.1, 0.15) is 0 Å². The van der Waals surface area contributed by atoms with E-state index in [9.17, 15) is 0 Å². The van der Waals surface area contributed by atoms with Crippen LogP contribution in [-0.4, -0.2) is 6.54 Å². The topological polar surface area (TPSA) is 49.8 Å². The molecule has 2 N–H and O–H groups in total. The fourth-order valence-corrected chi connectivity index (χ4v) is 1.50. The van der Waals surface area contributed by atoms with Crippen molar-refractivity contribution < 1.29 is 0 Å². The van der Waals surface area contributed by atoms with Crippen LogP contribution in [0.5, 0.6) is 0 Å². The van der Waals surface area contributed by atoms with Crippen LogP contribution < -0.4 is 5.73 Å². The normalized spacial score (nSPS) is 9.86. The summed E-state index contributed by atoms with van der Waals surface area (Å²) in [5.74, 6) is 0. The Morgan fingerprint density at radius 1 is 1.36 bits per heavy atom. The van der Waals surface area contributed by atoms with Gasteiger partial charge in [0.2, 0.25) is 0 Å². The Kier molecular flexibility index (Phi) is 3.67. The zero-order valence-electron chi connectivity index (χ0n) is 8.80. The second kappa shape index (κ2) is 4.78. The van der Waals surface area contributed by atoms with Crippen LogP contribution in [0.2, 0.25) is 0 Å². The first-order chi connectivity index (χ1) is 6.69. The third-order valence-electron chi connectivity index (χ3n) is 2.52. The Balaban J connectivity index is 2.99. The third kappa shape index (κ3) is 2.34. The molecule has 0 saturated heterocycles. The molecule has 74 valence electrons. The van der Waals surface area contributed by atoms with Crippen LogP contribution in [0, 0.1) is 25.2 Å². The minimum Gasteiger partial charge on any atom is -0.330 e. The van der Waals surface area contributed by atoms with Crippen LogP contribution >= 0.6 is 0 Å². The number of nitrogens with two attached hydrogens (primary N) is 1. The summed E-state index contributed by atoms with van der Waals surface area (Å²) in [6.45, 7) is 4.73. The van der Waals surface area contributed by atoms with Gasteiger partial charge in [0.05, 0.1) is 11.6 Å². The van der Waals surface area contributed by atoms with E-state index in [0.717, 1.165) is 24.0 Å². The summed E-state index contributed by atoms with van der Waals surface area (Å²) in [5, 5.41) is 8.92. The fourth-order valence-electron chi connectivity index (χ4n) is 1.50. The molecule has 0 aliphatic carbocycles. The second-order valence-electron chi connectivity index (χ2n) is 3.59. The van der Waals surface area contributed by atoms with Crippen molar-refractivity contribution in [3.8, 4) is 6.07 Å². The van der Waals surface area contributed by atoms with E-state index < -0.39 is 0 Å². The Hall–Kier alpha value is -1.33. The van der Waals surface area contributed by atoms with E-state index in [4.69, 9.17) is 11.0 Å². The van der Waals surface area contributed by atoms with Gasteiger partial charge >= 0.3 is 0 Å². The minimum atomic E-state index is 0.703. The smallest absolute Gasteiger partial charge is 0.0994 e. The predicted molar refractivity (Wildman–Crippen MR) is 58.0 cm³/mol. The van der Waals surface area contributed by atoms with Crippen LogP contribution in [0.1, 0.15) is 28.7 Å². The Morgan fingerprint density at radius 3 is 2.64 bits per heavy atom. The lowest BCUT2D eigenvalue weighted by Gasteiger charge is -2.06. The molecule has 0 radical (unpaired) electrons. The maximum Gasteiger partial charge on any atom is 0.0994 e. The molecule has 0 fully saturated rings. The van der Waals surface area contributed by atoms with Crippen molar-refractivity contribution in [1.82, 2.24) is 0 Å². The van der Waals surface area contributed by atoms with Crippen molar-refractivity contribution in [3.05, 3.63) is 34.4 Å². The average Bonchev–Trinajstić information content (AvgIpc) is 2.19. The fraction of sp³-hybridized carbons (Fsp3) is 0.417. The first-order valence-corrected chi connectivity index (χ1v) is 4.89. The maximum atomic E-state index is 8.92. The lowest BCUT2D eigenvalue weighted by molar-refractivity contribution is 0.831. The van der Waals surface area contributed by atoms with Gasteiger partial charge < -0.3 is 5.73 Å². The van der Waals surface area contributed by atoms with Crippen LogP contribution in [0.15, 0.2) is 12.1 Å². The first-order valence-electron chi connectivity index (χ1n) is 4.89. The van der Waals surface area contributed by atoms with E-state index in [1.54, 1.807) is 0 Å². The summed E-state index contributed by atoms with van der Waals surface area (Å²) in [6, 6.07) is 6.34. The third-order valence-corrected chi connectivity index (χ3v) is 2.52. The number of nitrogens with zero attached hydrogens (tertiary/aromatic N) is 1. The number of rotatable bonds is 3. The van der Waals surface area contributed by atoms with Crippen molar-refractivity contribution in [1.29, 1.82) is 5.26 Å². The van der Waals surface area contributed by atoms with Crippen LogP contribution in [0.25, 0.3) is 0 Å². The SMILES string of the molecule is Cc1cc(CCCN)cc(C#N)c1C. The van der Waals surface area contributed by atoms with Crippen molar-refractivity contribution >= 4 is 0 Å². The van der Waals surface area contributed by atoms with Gasteiger partial charge in [0, 0.05) is 0 Å². The van der Waals surface area contributed by atoms with Crippen LogP contribution in [0.3, 0.4) is 0 Å². The summed E-state index contributed by atoms with van der Waals surface area (Å²) < 4.78 is 0. The van der Waals surface area contributed by atoms with Crippen molar-refractivity contribution in [2.45, 2.75) is 26.7 Å². The molecule has 1 aromatic carbocycles. The number of nitriles is 1. The summed E-state index contributed by atoms with van der Waals surface area (Å²) in [5.41, 5.74) is 9.73. The molecule has 2 heteroatoms. The molecule has 1 aromatic rings. The maximum absolute atomic E-state index is 8.92. The van der Waals surface area contributed by atoms with Gasteiger partial charge in [-0.15, -0.1) is 0 Å². The quantitative estimate of drug-likeness (QED) is 0.789. The van der Waals surface area contributed by atoms with Crippen molar-refractivity contribution in [2.75, 3.05) is 6.54 Å². The molecular formula is C12H16N2. The molecule has 0 atom stereocenters. The summed E-state index contributed by atoms with van der Waals surface area (Å²) in [4.78, 5) is 0. The second-order valence-corrected chi connectivity index (χ2v) is 3.59. The largest absolute Gasteiger partial charge is 0.330 e. The van der Waals surface area contributed by atoms with E-state index in [-0.39, 0.29) is 0 Å². The molecule has 0 spiro atoms. The van der Waals surface area contributed by atoms with Gasteiger partial charge in [-0.1, -0.05) is 6.07 Å². The molecule has 0 amide bonds. The lowest BCUT2D eigenvalue weighted by atomic mass is 9.98. The zero-order chi connectivity index (χ0) is 10.6. The van der Waals surface area contributed by atoms with Gasteiger partial charge in [-0.3, -0.25) is 0 Å². The highest BCUT2D eigenvalue weighted by molar-refractivity contribution is 5.44. The van der Waals surface area contributed by atoms with Gasteiger partial charge in [0.15, 0.2) is 0 Å². The zero-order valence-corrected chi connectivity index (χ0v) is 8.80. The molecule has 0 aliphatic rings. The molecule has 0 saturated carbocycles. The highest BCUT2D eigenvalue weighted by Crippen LogP contribution is 2.16. The average molecular weight is 188 g/mol. The van der Waals surface area contributed by atoms with Crippen LogP contribution in [-0.2, 0) is 6.42 Å². The number of hydrogen-bond donors (Lipinski definition) is 1. The summed E-state index contributed by atoms with van der Waals surface area (Å²) in [6.07, 6.45) is 1.94. The van der Waals surface area contributed by atoms with Gasteiger partial charge in [-0.25, -0.2) is 0 Å². The van der Waals surface area contributed by atoms with Crippen molar-refractivity contribution in [3.63, 3.8) is 0 Å². The van der Waals surface area contributed by atoms with Gasteiger partial charge in [-0.05, 0) is 56.0 Å².